The summed E-state index contributed by atoms with van der Waals surface area (Å²) in [5.74, 6) is 1.23. The minimum Gasteiger partial charge on any atom is -0.481 e. The van der Waals surface area contributed by atoms with Crippen molar-refractivity contribution in [2.75, 3.05) is 18.0 Å². The zero-order valence-electron chi connectivity index (χ0n) is 16.8. The van der Waals surface area contributed by atoms with E-state index < -0.39 is 6.10 Å². The molecule has 0 bridgehead atoms. The molecule has 1 heterocycles. The van der Waals surface area contributed by atoms with Crippen LogP contribution in [0.2, 0.25) is 5.02 Å². The van der Waals surface area contributed by atoms with E-state index in [0.29, 0.717) is 10.8 Å². The van der Waals surface area contributed by atoms with Gasteiger partial charge in [-0.05, 0) is 74.6 Å². The molecular formula is C23H29ClN2O2. The Hall–Kier alpha value is -2.20. The first-order chi connectivity index (χ1) is 13.4. The van der Waals surface area contributed by atoms with Crippen LogP contribution in [-0.4, -0.2) is 25.1 Å². The van der Waals surface area contributed by atoms with Crippen LogP contribution >= 0.6 is 11.6 Å². The van der Waals surface area contributed by atoms with Gasteiger partial charge in [0.05, 0.1) is 6.04 Å². The molecule has 28 heavy (non-hydrogen) atoms. The molecule has 0 spiro atoms. The van der Waals surface area contributed by atoms with Crippen LogP contribution in [0.15, 0.2) is 48.5 Å². The molecule has 3 rings (SSSR count). The fraction of sp³-hybridized carbons (Fsp3) is 0.435. The lowest BCUT2D eigenvalue weighted by atomic mass is 9.99. The fourth-order valence-corrected chi connectivity index (χ4v) is 3.71. The van der Waals surface area contributed by atoms with E-state index >= 15 is 0 Å². The normalized spacial score (nSPS) is 19.0. The van der Waals surface area contributed by atoms with Crippen LogP contribution in [0, 0.1) is 5.92 Å². The lowest BCUT2D eigenvalue weighted by Crippen LogP contribution is -2.37. The number of anilines is 1. The Morgan fingerprint density at radius 2 is 1.82 bits per heavy atom. The first-order valence-electron chi connectivity index (χ1n) is 10.00. The summed E-state index contributed by atoms with van der Waals surface area (Å²) in [4.78, 5) is 14.9. The second-order valence-electron chi connectivity index (χ2n) is 7.73. The Morgan fingerprint density at radius 1 is 1.14 bits per heavy atom. The predicted octanol–water partition coefficient (Wildman–Crippen LogP) is 5.22. The molecule has 2 aromatic carbocycles. The van der Waals surface area contributed by atoms with Crippen molar-refractivity contribution in [1.29, 1.82) is 0 Å². The number of rotatable bonds is 6. The van der Waals surface area contributed by atoms with Gasteiger partial charge >= 0.3 is 0 Å². The van der Waals surface area contributed by atoms with E-state index in [4.69, 9.17) is 16.3 Å². The van der Waals surface area contributed by atoms with E-state index in [1.54, 1.807) is 31.2 Å². The maximum atomic E-state index is 12.5. The number of benzene rings is 2. The maximum Gasteiger partial charge on any atom is 0.261 e. The lowest BCUT2D eigenvalue weighted by molar-refractivity contribution is -0.127. The van der Waals surface area contributed by atoms with Crippen molar-refractivity contribution in [3.8, 4) is 5.75 Å². The molecule has 5 heteroatoms. The summed E-state index contributed by atoms with van der Waals surface area (Å²) in [6.45, 7) is 8.29. The fourth-order valence-electron chi connectivity index (χ4n) is 3.58. The highest BCUT2D eigenvalue weighted by Gasteiger charge is 2.19. The van der Waals surface area contributed by atoms with Crippen molar-refractivity contribution in [3.05, 3.63) is 59.1 Å². The number of halogens is 1. The number of nitrogens with zero attached hydrogens (tertiary/aromatic N) is 1. The van der Waals surface area contributed by atoms with Gasteiger partial charge < -0.3 is 15.0 Å². The van der Waals surface area contributed by atoms with Crippen LogP contribution in [0.3, 0.4) is 0 Å². The topological polar surface area (TPSA) is 41.6 Å². The van der Waals surface area contributed by atoms with Gasteiger partial charge in [-0.2, -0.15) is 0 Å². The molecule has 1 fully saturated rings. The quantitative estimate of drug-likeness (QED) is 0.722. The van der Waals surface area contributed by atoms with Crippen LogP contribution in [0.1, 0.15) is 45.2 Å². The van der Waals surface area contributed by atoms with Crippen LogP contribution in [0.4, 0.5) is 5.69 Å². The van der Waals surface area contributed by atoms with E-state index in [-0.39, 0.29) is 11.9 Å². The van der Waals surface area contributed by atoms with Gasteiger partial charge in [0.2, 0.25) is 0 Å². The lowest BCUT2D eigenvalue weighted by Gasteiger charge is -2.33. The monoisotopic (exact) mass is 400 g/mol. The zero-order chi connectivity index (χ0) is 20.1. The highest BCUT2D eigenvalue weighted by atomic mass is 35.5. The minimum absolute atomic E-state index is 0.0851. The molecule has 0 unspecified atom stereocenters. The van der Waals surface area contributed by atoms with Gasteiger partial charge in [0, 0.05) is 23.8 Å². The Balaban J connectivity index is 1.55. The Labute approximate surface area is 172 Å². The van der Waals surface area contributed by atoms with Crippen LogP contribution < -0.4 is 15.0 Å². The van der Waals surface area contributed by atoms with Crippen molar-refractivity contribution in [1.82, 2.24) is 5.32 Å². The van der Waals surface area contributed by atoms with Gasteiger partial charge in [0.25, 0.3) is 5.91 Å². The second-order valence-corrected chi connectivity index (χ2v) is 8.17. The predicted molar refractivity (Wildman–Crippen MR) is 115 cm³/mol. The third kappa shape index (κ3) is 5.41. The summed E-state index contributed by atoms with van der Waals surface area (Å²) in [5.41, 5.74) is 2.34. The third-order valence-electron chi connectivity index (χ3n) is 5.27. The Bertz CT molecular complexity index is 776. The first-order valence-corrected chi connectivity index (χ1v) is 10.4. The molecule has 1 aliphatic rings. The SMILES string of the molecule is C[C@@H]1CCCN(c2ccc([C@H](C)NC(=O)[C@H](C)Oc3ccc(Cl)cc3)cc2)C1. The molecule has 0 saturated carbocycles. The molecule has 1 saturated heterocycles. The molecule has 3 atom stereocenters. The van der Waals surface area contributed by atoms with Crippen molar-refractivity contribution in [3.63, 3.8) is 0 Å². The molecule has 150 valence electrons. The number of nitrogens with one attached hydrogen (secondary N) is 1. The van der Waals surface area contributed by atoms with Crippen LogP contribution in [-0.2, 0) is 4.79 Å². The summed E-state index contributed by atoms with van der Waals surface area (Å²) < 4.78 is 5.70. The standard InChI is InChI=1S/C23H29ClN2O2/c1-16-5-4-14-26(15-16)21-10-6-19(7-11-21)17(2)25-23(27)18(3)28-22-12-8-20(24)9-13-22/h6-13,16-18H,4-5,14-15H2,1-3H3,(H,25,27)/t16-,17+,18+/m1/s1. The highest BCUT2D eigenvalue weighted by molar-refractivity contribution is 6.30. The molecule has 2 aromatic rings. The molecular weight excluding hydrogens is 372 g/mol. The molecule has 1 N–H and O–H groups in total. The Kier molecular flexibility index (Phi) is 6.84. The second kappa shape index (κ2) is 9.33. The summed E-state index contributed by atoms with van der Waals surface area (Å²) in [7, 11) is 0. The number of hydrogen-bond acceptors (Lipinski definition) is 3. The number of piperidine rings is 1. The maximum absolute atomic E-state index is 12.5. The summed E-state index contributed by atoms with van der Waals surface area (Å²) in [6, 6.07) is 15.4. The number of hydrogen-bond donors (Lipinski definition) is 1. The average molecular weight is 401 g/mol. The number of ether oxygens (including phenoxy) is 1. The number of amides is 1. The van der Waals surface area contributed by atoms with Gasteiger partial charge in [-0.25, -0.2) is 0 Å². The van der Waals surface area contributed by atoms with Gasteiger partial charge in [0.15, 0.2) is 6.10 Å². The molecule has 1 aliphatic heterocycles. The van der Waals surface area contributed by atoms with E-state index in [1.165, 1.54) is 18.5 Å². The smallest absolute Gasteiger partial charge is 0.261 e. The van der Waals surface area contributed by atoms with Gasteiger partial charge in [0.1, 0.15) is 5.75 Å². The van der Waals surface area contributed by atoms with Crippen molar-refractivity contribution in [2.45, 2.75) is 45.8 Å². The van der Waals surface area contributed by atoms with Crippen LogP contribution in [0.25, 0.3) is 0 Å². The number of carbonyl (C=O) groups excluding carboxylic acids is 1. The van der Waals surface area contributed by atoms with Gasteiger partial charge in [-0.15, -0.1) is 0 Å². The Morgan fingerprint density at radius 3 is 2.46 bits per heavy atom. The van der Waals surface area contributed by atoms with Crippen molar-refractivity contribution in [2.24, 2.45) is 5.92 Å². The summed E-state index contributed by atoms with van der Waals surface area (Å²) in [6.07, 6.45) is 1.98. The van der Waals surface area contributed by atoms with E-state index in [2.05, 4.69) is 41.4 Å². The molecule has 4 nitrogen and oxygen atoms in total. The largest absolute Gasteiger partial charge is 0.481 e. The van der Waals surface area contributed by atoms with E-state index in [9.17, 15) is 4.79 Å². The molecule has 0 aliphatic carbocycles. The summed E-state index contributed by atoms with van der Waals surface area (Å²) >= 11 is 5.88. The van der Waals surface area contributed by atoms with E-state index in [1.807, 2.05) is 6.92 Å². The first kappa shape index (κ1) is 20.5. The average Bonchev–Trinajstić information content (AvgIpc) is 2.69. The highest BCUT2D eigenvalue weighted by Crippen LogP contribution is 2.25. The van der Waals surface area contributed by atoms with Crippen LogP contribution in [0.5, 0.6) is 5.75 Å². The van der Waals surface area contributed by atoms with E-state index in [0.717, 1.165) is 24.6 Å². The number of carbonyl (C=O) groups is 1. The third-order valence-corrected chi connectivity index (χ3v) is 5.52. The minimum atomic E-state index is -0.585. The summed E-state index contributed by atoms with van der Waals surface area (Å²) in [5, 5.41) is 3.67. The molecule has 0 radical (unpaired) electrons. The molecule has 0 aromatic heterocycles. The van der Waals surface area contributed by atoms with Crippen molar-refractivity contribution >= 4 is 23.2 Å². The molecule has 1 amide bonds. The van der Waals surface area contributed by atoms with Crippen molar-refractivity contribution < 1.29 is 9.53 Å². The van der Waals surface area contributed by atoms with Gasteiger partial charge in [-0.1, -0.05) is 30.7 Å². The van der Waals surface area contributed by atoms with Gasteiger partial charge in [-0.3, -0.25) is 4.79 Å². The zero-order valence-corrected chi connectivity index (χ0v) is 17.6.